The molecule has 0 radical (unpaired) electrons. The maximum atomic E-state index is 12.1. The fourth-order valence-corrected chi connectivity index (χ4v) is 2.69. The lowest BCUT2D eigenvalue weighted by atomic mass is 10.1. The highest BCUT2D eigenvalue weighted by molar-refractivity contribution is 5.70. The van der Waals surface area contributed by atoms with Gasteiger partial charge in [-0.05, 0) is 0 Å². The van der Waals surface area contributed by atoms with E-state index in [0.717, 1.165) is 4.57 Å². The molecule has 1 aliphatic heterocycles. The maximum absolute atomic E-state index is 12.1. The van der Waals surface area contributed by atoms with Crippen molar-refractivity contribution in [1.29, 1.82) is 0 Å². The molecule has 3 rings (SSSR count). The zero-order valence-corrected chi connectivity index (χ0v) is 11.9. The molecule has 1 fully saturated rings. The van der Waals surface area contributed by atoms with Crippen LogP contribution in [0.15, 0.2) is 15.9 Å². The van der Waals surface area contributed by atoms with Gasteiger partial charge in [0.1, 0.15) is 18.3 Å². The van der Waals surface area contributed by atoms with Crippen molar-refractivity contribution >= 4 is 11.2 Å². The average Bonchev–Trinajstić information content (AvgIpc) is 3.06. The van der Waals surface area contributed by atoms with E-state index in [1.807, 2.05) is 0 Å². The van der Waals surface area contributed by atoms with E-state index in [9.17, 15) is 19.8 Å². The number of aromatic nitrogens is 4. The molecule has 2 aromatic rings. The molecule has 1 aliphatic rings. The Balaban J connectivity index is 2.22. The van der Waals surface area contributed by atoms with Crippen LogP contribution in [0.3, 0.4) is 0 Å². The molecule has 3 heterocycles. The van der Waals surface area contributed by atoms with Crippen molar-refractivity contribution in [3.8, 4) is 0 Å². The first kappa shape index (κ1) is 14.9. The Bertz CT molecular complexity index is 836. The van der Waals surface area contributed by atoms with E-state index in [0.29, 0.717) is 0 Å². The summed E-state index contributed by atoms with van der Waals surface area (Å²) >= 11 is 0. The van der Waals surface area contributed by atoms with E-state index in [4.69, 9.17) is 9.84 Å². The van der Waals surface area contributed by atoms with Crippen LogP contribution in [-0.4, -0.2) is 58.9 Å². The number of aliphatic hydroxyl groups is 3. The molecule has 4 unspecified atom stereocenters. The minimum absolute atomic E-state index is 0.0438. The molecule has 0 bridgehead atoms. The van der Waals surface area contributed by atoms with Crippen LogP contribution in [-0.2, 0) is 18.8 Å². The number of hydrogen-bond donors (Lipinski definition) is 3. The summed E-state index contributed by atoms with van der Waals surface area (Å²) in [5.41, 5.74) is -0.903. The first-order valence-corrected chi connectivity index (χ1v) is 6.63. The number of ether oxygens (including phenoxy) is 1. The molecule has 1 saturated heterocycles. The minimum Gasteiger partial charge on any atom is -0.394 e. The molecule has 120 valence electrons. The number of fused-ring (bicyclic) bond motifs is 1. The third-order valence-corrected chi connectivity index (χ3v) is 3.96. The van der Waals surface area contributed by atoms with Gasteiger partial charge in [-0.1, -0.05) is 0 Å². The molecule has 4 atom stereocenters. The number of imidazole rings is 1. The molecule has 22 heavy (non-hydrogen) atoms. The predicted octanol–water partition coefficient (Wildman–Crippen LogP) is -2.95. The highest BCUT2D eigenvalue weighted by Gasteiger charge is 2.44. The number of nitrogens with zero attached hydrogens (tertiary/aromatic N) is 4. The summed E-state index contributed by atoms with van der Waals surface area (Å²) in [5.74, 6) is 0. The largest absolute Gasteiger partial charge is 0.394 e. The summed E-state index contributed by atoms with van der Waals surface area (Å²) in [7, 11) is 2.80. The maximum Gasteiger partial charge on any atom is 0.332 e. The summed E-state index contributed by atoms with van der Waals surface area (Å²) < 4.78 is 8.84. The van der Waals surface area contributed by atoms with E-state index in [1.54, 1.807) is 0 Å². The van der Waals surface area contributed by atoms with Crippen LogP contribution in [0.25, 0.3) is 11.2 Å². The Hall–Kier alpha value is -2.01. The highest BCUT2D eigenvalue weighted by atomic mass is 16.6. The molecule has 10 heteroatoms. The summed E-state index contributed by atoms with van der Waals surface area (Å²) in [6.07, 6.45) is -3.37. The second-order valence-corrected chi connectivity index (χ2v) is 5.26. The summed E-state index contributed by atoms with van der Waals surface area (Å²) in [6.45, 7) is -0.470. The summed E-state index contributed by atoms with van der Waals surface area (Å²) in [6, 6.07) is 0. The fourth-order valence-electron chi connectivity index (χ4n) is 2.69. The van der Waals surface area contributed by atoms with E-state index in [-0.39, 0.29) is 11.2 Å². The molecule has 3 N–H and O–H groups in total. The average molecular weight is 312 g/mol. The molecule has 0 aromatic carbocycles. The smallest absolute Gasteiger partial charge is 0.332 e. The lowest BCUT2D eigenvalue weighted by molar-refractivity contribution is -0.0513. The predicted molar refractivity (Wildman–Crippen MR) is 73.2 cm³/mol. The molecular formula is C12H16N4O6. The SMILES string of the molecule is Cn1c(=O)c2ncn(C3OC(CO)C(O)C3O)c2n(C)c1=O. The molecule has 0 amide bonds. The molecule has 0 saturated carbocycles. The monoisotopic (exact) mass is 312 g/mol. The Morgan fingerprint density at radius 3 is 2.50 bits per heavy atom. The van der Waals surface area contributed by atoms with Gasteiger partial charge in [0.05, 0.1) is 12.9 Å². The van der Waals surface area contributed by atoms with Crippen molar-refractivity contribution in [3.05, 3.63) is 27.2 Å². The van der Waals surface area contributed by atoms with Crippen LogP contribution in [0, 0.1) is 0 Å². The first-order valence-electron chi connectivity index (χ1n) is 6.63. The third kappa shape index (κ3) is 1.85. The van der Waals surface area contributed by atoms with Gasteiger partial charge in [0, 0.05) is 14.1 Å². The van der Waals surface area contributed by atoms with Gasteiger partial charge in [-0.3, -0.25) is 18.5 Å². The lowest BCUT2D eigenvalue weighted by Crippen LogP contribution is -2.38. The van der Waals surface area contributed by atoms with Crippen molar-refractivity contribution in [2.75, 3.05) is 6.61 Å². The number of aliphatic hydroxyl groups excluding tert-OH is 3. The molecule has 10 nitrogen and oxygen atoms in total. The van der Waals surface area contributed by atoms with Crippen molar-refractivity contribution in [2.24, 2.45) is 14.1 Å². The topological polar surface area (TPSA) is 132 Å². The van der Waals surface area contributed by atoms with Crippen molar-refractivity contribution in [1.82, 2.24) is 18.7 Å². The van der Waals surface area contributed by atoms with Crippen molar-refractivity contribution in [2.45, 2.75) is 24.5 Å². The summed E-state index contributed by atoms with van der Waals surface area (Å²) in [4.78, 5) is 28.1. The Morgan fingerprint density at radius 2 is 1.91 bits per heavy atom. The lowest BCUT2D eigenvalue weighted by Gasteiger charge is -2.18. The van der Waals surface area contributed by atoms with Gasteiger partial charge in [-0.2, -0.15) is 0 Å². The van der Waals surface area contributed by atoms with Crippen LogP contribution in [0.1, 0.15) is 6.23 Å². The second kappa shape index (κ2) is 5.02. The minimum atomic E-state index is -1.33. The Labute approximate surface area is 123 Å². The third-order valence-electron chi connectivity index (χ3n) is 3.96. The van der Waals surface area contributed by atoms with E-state index >= 15 is 0 Å². The van der Waals surface area contributed by atoms with E-state index < -0.39 is 42.4 Å². The molecule has 0 aliphatic carbocycles. The molecule has 0 spiro atoms. The Kier molecular flexibility index (Phi) is 3.40. The van der Waals surface area contributed by atoms with Gasteiger partial charge in [0.2, 0.25) is 0 Å². The molecular weight excluding hydrogens is 296 g/mol. The number of rotatable bonds is 2. The quantitative estimate of drug-likeness (QED) is 0.540. The number of hydrogen-bond acceptors (Lipinski definition) is 7. The molecule has 2 aromatic heterocycles. The van der Waals surface area contributed by atoms with Gasteiger partial charge in [-0.15, -0.1) is 0 Å². The van der Waals surface area contributed by atoms with Crippen LogP contribution >= 0.6 is 0 Å². The first-order chi connectivity index (χ1) is 10.4. The van der Waals surface area contributed by atoms with Gasteiger partial charge in [-0.25, -0.2) is 9.78 Å². The fraction of sp³-hybridized carbons (Fsp3) is 0.583. The van der Waals surface area contributed by atoms with Crippen molar-refractivity contribution < 1.29 is 20.1 Å². The summed E-state index contributed by atoms with van der Waals surface area (Å²) in [5, 5.41) is 29.0. The van der Waals surface area contributed by atoms with Crippen LogP contribution in [0.2, 0.25) is 0 Å². The standard InChI is InChI=1S/C12H16N4O6/c1-14-9-6(10(20)15(2)12(14)21)13-4-16(9)11-8(19)7(18)5(3-17)22-11/h4-5,7-8,11,17-19H,3H2,1-2H3. The zero-order valence-electron chi connectivity index (χ0n) is 11.9. The van der Waals surface area contributed by atoms with Crippen molar-refractivity contribution in [3.63, 3.8) is 0 Å². The van der Waals surface area contributed by atoms with Gasteiger partial charge in [0.25, 0.3) is 5.56 Å². The Morgan fingerprint density at radius 1 is 1.23 bits per heavy atom. The van der Waals surface area contributed by atoms with Crippen LogP contribution < -0.4 is 11.2 Å². The highest BCUT2D eigenvalue weighted by Crippen LogP contribution is 2.30. The van der Waals surface area contributed by atoms with E-state index in [1.165, 1.54) is 29.6 Å². The normalized spacial score (nSPS) is 28.6. The zero-order chi connectivity index (χ0) is 16.2. The van der Waals surface area contributed by atoms with Crippen LogP contribution in [0.4, 0.5) is 0 Å². The van der Waals surface area contributed by atoms with Gasteiger partial charge < -0.3 is 20.1 Å². The van der Waals surface area contributed by atoms with Crippen LogP contribution in [0.5, 0.6) is 0 Å². The van der Waals surface area contributed by atoms with Gasteiger partial charge >= 0.3 is 5.69 Å². The second-order valence-electron chi connectivity index (χ2n) is 5.26. The van der Waals surface area contributed by atoms with E-state index in [2.05, 4.69) is 4.98 Å². The number of aryl methyl sites for hydroxylation is 1. The van der Waals surface area contributed by atoms with Gasteiger partial charge in [0.15, 0.2) is 17.4 Å².